The van der Waals surface area contributed by atoms with Crippen molar-refractivity contribution in [2.75, 3.05) is 46.0 Å². The fourth-order valence-corrected chi connectivity index (χ4v) is 6.98. The molecule has 232 valence electrons. The SMILES string of the molecule is N[C@@H]1C[C@H](N)CN(c2nc(Nc3ccc(NS(=O)(=O)c4cc(Cl)cc(Cl)c4O)c(O)c3)nc(N3C[C@H](N)C[C@H](N)C3)n2)C1. The topological polar surface area (TPSA) is 248 Å². The zero-order valence-electron chi connectivity index (χ0n) is 22.9. The number of halogens is 2. The molecule has 4 atom stereocenters. The molecule has 3 heterocycles. The second-order valence-corrected chi connectivity index (χ2v) is 13.3. The number of benzene rings is 2. The van der Waals surface area contributed by atoms with E-state index in [0.29, 0.717) is 56.6 Å². The van der Waals surface area contributed by atoms with Crippen LogP contribution in [-0.4, -0.2) is 83.9 Å². The van der Waals surface area contributed by atoms with Gasteiger partial charge in [0.15, 0.2) is 5.75 Å². The Bertz CT molecular complexity index is 1550. The summed E-state index contributed by atoms with van der Waals surface area (Å²) in [7, 11) is -4.37. The molecule has 2 aliphatic heterocycles. The van der Waals surface area contributed by atoms with Gasteiger partial charge in [-0.05, 0) is 37.1 Å². The molecule has 1 aromatic heterocycles. The largest absolute Gasteiger partial charge is 0.506 e. The number of nitrogens with two attached hydrogens (primary N) is 4. The maximum absolute atomic E-state index is 12.9. The molecule has 12 N–H and O–H groups in total. The van der Waals surface area contributed by atoms with Crippen molar-refractivity contribution in [1.82, 2.24) is 15.0 Å². The van der Waals surface area contributed by atoms with E-state index in [0.717, 1.165) is 6.07 Å². The molecule has 2 aliphatic rings. The van der Waals surface area contributed by atoms with Crippen LogP contribution in [-0.2, 0) is 10.0 Å². The van der Waals surface area contributed by atoms with E-state index < -0.39 is 26.4 Å². The van der Waals surface area contributed by atoms with E-state index in [1.165, 1.54) is 24.3 Å². The minimum Gasteiger partial charge on any atom is -0.506 e. The highest BCUT2D eigenvalue weighted by molar-refractivity contribution is 7.92. The number of aromatic hydroxyl groups is 2. The van der Waals surface area contributed by atoms with Gasteiger partial charge in [-0.2, -0.15) is 15.0 Å². The third-order valence-corrected chi connectivity index (χ3v) is 8.87. The number of phenolic OH excluding ortho intramolecular Hbond substituents is 2. The number of phenols is 2. The molecule has 0 amide bonds. The number of rotatable bonds is 7. The number of hydrogen-bond donors (Lipinski definition) is 8. The van der Waals surface area contributed by atoms with Crippen LogP contribution >= 0.6 is 23.2 Å². The van der Waals surface area contributed by atoms with Gasteiger partial charge in [-0.3, -0.25) is 4.72 Å². The summed E-state index contributed by atoms with van der Waals surface area (Å²) in [6.07, 6.45) is 1.35. The van der Waals surface area contributed by atoms with Crippen molar-refractivity contribution in [3.05, 3.63) is 40.4 Å². The van der Waals surface area contributed by atoms with Gasteiger partial charge in [-0.15, -0.1) is 0 Å². The van der Waals surface area contributed by atoms with Crippen LogP contribution in [0.3, 0.4) is 0 Å². The zero-order valence-corrected chi connectivity index (χ0v) is 25.2. The van der Waals surface area contributed by atoms with Crippen molar-refractivity contribution in [2.24, 2.45) is 22.9 Å². The lowest BCUT2D eigenvalue weighted by atomic mass is 10.0. The van der Waals surface area contributed by atoms with Crippen LogP contribution in [0.1, 0.15) is 12.8 Å². The minimum absolute atomic E-state index is 0.00470. The molecule has 15 nitrogen and oxygen atoms in total. The molecule has 18 heteroatoms. The Morgan fingerprint density at radius 3 is 1.86 bits per heavy atom. The number of sulfonamides is 1. The molecule has 3 aromatic rings. The van der Waals surface area contributed by atoms with E-state index >= 15 is 0 Å². The standard InChI is InChI=1S/C25H33Cl2N11O4S/c26-12-3-18(27)22(40)21(4-12)43(41,42)36-19-2-1-17(7-20(19)39)32-23-33-24(37-8-13(28)5-14(29)9-37)35-25(34-23)38-10-15(30)6-16(31)11-38/h1-4,7,13-16,36,39-40H,5-6,8-11,28-31H2,(H,32,33,34,35)/t13-,14+,15-,16+. The lowest BCUT2D eigenvalue weighted by Crippen LogP contribution is -2.54. The predicted octanol–water partition coefficient (Wildman–Crippen LogP) is 0.863. The van der Waals surface area contributed by atoms with Crippen LogP contribution < -0.4 is 42.8 Å². The van der Waals surface area contributed by atoms with E-state index in [2.05, 4.69) is 25.0 Å². The maximum Gasteiger partial charge on any atom is 0.265 e. The Kier molecular flexibility index (Phi) is 8.89. The molecular formula is C25H33Cl2N11O4S. The van der Waals surface area contributed by atoms with E-state index in [4.69, 9.17) is 46.1 Å². The van der Waals surface area contributed by atoms with Gasteiger partial charge < -0.3 is 48.3 Å². The second-order valence-electron chi connectivity index (χ2n) is 10.8. The van der Waals surface area contributed by atoms with Gasteiger partial charge in [0.25, 0.3) is 10.0 Å². The monoisotopic (exact) mass is 653 g/mol. The maximum atomic E-state index is 12.9. The third-order valence-electron chi connectivity index (χ3n) is 6.99. The predicted molar refractivity (Wildman–Crippen MR) is 166 cm³/mol. The molecule has 0 saturated carbocycles. The normalized spacial score (nSPS) is 22.8. The molecule has 0 aliphatic carbocycles. The Morgan fingerprint density at radius 1 is 0.814 bits per heavy atom. The van der Waals surface area contributed by atoms with Crippen LogP contribution in [0.2, 0.25) is 10.0 Å². The first kappa shape index (κ1) is 31.1. The summed E-state index contributed by atoms with van der Waals surface area (Å²) in [5, 5.41) is 23.7. The van der Waals surface area contributed by atoms with E-state index in [-0.39, 0.29) is 45.8 Å². The van der Waals surface area contributed by atoms with Gasteiger partial charge in [0.2, 0.25) is 17.8 Å². The molecule has 2 aromatic carbocycles. The summed E-state index contributed by atoms with van der Waals surface area (Å²) in [6.45, 7) is 1.99. The number of hydrogen-bond acceptors (Lipinski definition) is 14. The van der Waals surface area contributed by atoms with E-state index in [9.17, 15) is 18.6 Å². The fourth-order valence-electron chi connectivity index (χ4n) is 5.15. The van der Waals surface area contributed by atoms with Crippen molar-refractivity contribution in [3.63, 3.8) is 0 Å². The van der Waals surface area contributed by atoms with Gasteiger partial charge in [0.05, 0.1) is 10.7 Å². The molecule has 43 heavy (non-hydrogen) atoms. The molecule has 2 saturated heterocycles. The number of piperidine rings is 2. The Labute approximate surface area is 258 Å². The van der Waals surface area contributed by atoms with Crippen LogP contribution in [0.5, 0.6) is 11.5 Å². The average Bonchev–Trinajstić information content (AvgIpc) is 2.91. The molecule has 0 bridgehead atoms. The summed E-state index contributed by atoms with van der Waals surface area (Å²) in [4.78, 5) is 17.1. The molecule has 2 fully saturated rings. The van der Waals surface area contributed by atoms with Gasteiger partial charge in [0.1, 0.15) is 10.6 Å². The van der Waals surface area contributed by atoms with Crippen molar-refractivity contribution in [2.45, 2.75) is 41.9 Å². The quantitative estimate of drug-likeness (QED) is 0.165. The van der Waals surface area contributed by atoms with E-state index in [1.807, 2.05) is 9.80 Å². The van der Waals surface area contributed by atoms with Gasteiger partial charge >= 0.3 is 0 Å². The summed E-state index contributed by atoms with van der Waals surface area (Å²) in [5.41, 5.74) is 25.0. The fraction of sp³-hybridized carbons (Fsp3) is 0.400. The van der Waals surface area contributed by atoms with Crippen LogP contribution in [0.4, 0.5) is 29.2 Å². The van der Waals surface area contributed by atoms with E-state index in [1.54, 1.807) is 0 Å². The van der Waals surface area contributed by atoms with Crippen LogP contribution in [0.15, 0.2) is 35.2 Å². The smallest absolute Gasteiger partial charge is 0.265 e. The summed E-state index contributed by atoms with van der Waals surface area (Å²) < 4.78 is 28.1. The Hall–Kier alpha value is -3.38. The highest BCUT2D eigenvalue weighted by Crippen LogP contribution is 2.37. The Balaban J connectivity index is 1.42. The van der Waals surface area contributed by atoms with Gasteiger partial charge in [0, 0.05) is 67.1 Å². The highest BCUT2D eigenvalue weighted by atomic mass is 35.5. The zero-order chi connectivity index (χ0) is 31.1. The van der Waals surface area contributed by atoms with Gasteiger partial charge in [-0.25, -0.2) is 8.42 Å². The number of anilines is 5. The van der Waals surface area contributed by atoms with Crippen molar-refractivity contribution < 1.29 is 18.6 Å². The summed E-state index contributed by atoms with van der Waals surface area (Å²) in [6, 6.07) is 5.73. The molecule has 0 unspecified atom stereocenters. The number of nitrogens with one attached hydrogen (secondary N) is 2. The van der Waals surface area contributed by atoms with Crippen molar-refractivity contribution in [3.8, 4) is 11.5 Å². The Morgan fingerprint density at radius 2 is 1.35 bits per heavy atom. The summed E-state index contributed by atoms with van der Waals surface area (Å²) in [5.74, 6) is -0.217. The minimum atomic E-state index is -4.37. The third kappa shape index (κ3) is 7.23. The molecule has 0 spiro atoms. The van der Waals surface area contributed by atoms with Crippen molar-refractivity contribution >= 4 is 62.4 Å². The van der Waals surface area contributed by atoms with Gasteiger partial charge in [-0.1, -0.05) is 23.2 Å². The molecule has 0 radical (unpaired) electrons. The highest BCUT2D eigenvalue weighted by Gasteiger charge is 2.29. The number of nitrogens with zero attached hydrogens (tertiary/aromatic N) is 5. The first-order valence-electron chi connectivity index (χ1n) is 13.4. The van der Waals surface area contributed by atoms with Crippen molar-refractivity contribution in [1.29, 1.82) is 0 Å². The lowest BCUT2D eigenvalue weighted by molar-refractivity contribution is 0.441. The second kappa shape index (κ2) is 12.3. The first-order chi connectivity index (χ1) is 20.3. The average molecular weight is 655 g/mol. The van der Waals surface area contributed by atoms with Crippen LogP contribution in [0.25, 0.3) is 0 Å². The van der Waals surface area contributed by atoms with Crippen LogP contribution in [0, 0.1) is 0 Å². The first-order valence-corrected chi connectivity index (χ1v) is 15.6. The molecule has 5 rings (SSSR count). The lowest BCUT2D eigenvalue weighted by Gasteiger charge is -2.37. The molecular weight excluding hydrogens is 621 g/mol. The summed E-state index contributed by atoms with van der Waals surface area (Å²) >= 11 is 11.8. The number of aromatic nitrogens is 3.